The Balaban J connectivity index is 1.44. The maximum absolute atomic E-state index is 13.5. The molecule has 3 nitrogen and oxygen atoms in total. The van der Waals surface area contributed by atoms with Gasteiger partial charge in [0.1, 0.15) is 12.0 Å². The Labute approximate surface area is 196 Å². The summed E-state index contributed by atoms with van der Waals surface area (Å²) in [5, 5.41) is 3.37. The Morgan fingerprint density at radius 3 is 2.12 bits per heavy atom. The molecule has 1 N–H and O–H groups in total. The lowest BCUT2D eigenvalue weighted by Gasteiger charge is -2.31. The topological polar surface area (TPSA) is 34.0 Å². The van der Waals surface area contributed by atoms with Gasteiger partial charge in [0.2, 0.25) is 5.91 Å². The van der Waals surface area contributed by atoms with Gasteiger partial charge in [0.05, 0.1) is 0 Å². The van der Waals surface area contributed by atoms with E-state index >= 15 is 0 Å². The molecule has 1 amide bonds. The van der Waals surface area contributed by atoms with E-state index in [0.29, 0.717) is 12.8 Å². The van der Waals surface area contributed by atoms with Gasteiger partial charge in [-0.05, 0) is 59.0 Å². The monoisotopic (exact) mass is 462 g/mol. The average Bonchev–Trinajstić information content (AvgIpc) is 3.38. The molecule has 34 heavy (non-hydrogen) atoms. The van der Waals surface area contributed by atoms with Crippen molar-refractivity contribution < 1.29 is 18.0 Å². The summed E-state index contributed by atoms with van der Waals surface area (Å²) in [6.07, 6.45) is -0.490. The zero-order valence-corrected chi connectivity index (χ0v) is 18.6. The van der Waals surface area contributed by atoms with Crippen LogP contribution in [0.4, 0.5) is 13.2 Å². The first kappa shape index (κ1) is 22.3. The van der Waals surface area contributed by atoms with Crippen molar-refractivity contribution in [3.05, 3.63) is 96.2 Å². The van der Waals surface area contributed by atoms with Crippen molar-refractivity contribution in [3.63, 3.8) is 0 Å². The second-order valence-corrected chi connectivity index (χ2v) is 8.82. The van der Waals surface area contributed by atoms with Crippen molar-refractivity contribution >= 4 is 16.8 Å². The summed E-state index contributed by atoms with van der Waals surface area (Å²) in [4.78, 5) is 13.5. The van der Waals surface area contributed by atoms with Gasteiger partial charge in [-0.1, -0.05) is 66.7 Å². The minimum Gasteiger partial charge on any atom is -0.347 e. The van der Waals surface area contributed by atoms with Gasteiger partial charge < -0.3 is 9.88 Å². The number of rotatable bonds is 7. The second kappa shape index (κ2) is 8.67. The molecule has 0 atom stereocenters. The number of nitrogens with one attached hydrogen (secondary N) is 1. The van der Waals surface area contributed by atoms with E-state index in [2.05, 4.69) is 34.3 Å². The molecule has 1 aliphatic rings. The van der Waals surface area contributed by atoms with Gasteiger partial charge in [-0.25, -0.2) is 0 Å². The number of alkyl halides is 3. The standard InChI is InChI=1S/C28H25F3N2O/c29-28(30,31)19-32-26(34)27(16-7-8-17-33-18-15-20-9-1-6-14-25(20)33)23-12-4-2-10-21(23)22-11-3-5-13-24(22)27/h1-6,9-15,18H,7-8,16-17,19H2,(H,32,34). The highest BCUT2D eigenvalue weighted by molar-refractivity contribution is 6.00. The van der Waals surface area contributed by atoms with Crippen molar-refractivity contribution in [2.75, 3.05) is 6.54 Å². The Kier molecular flexibility index (Phi) is 5.68. The molecule has 0 aliphatic heterocycles. The fourth-order valence-corrected chi connectivity index (χ4v) is 5.29. The van der Waals surface area contributed by atoms with E-state index in [1.54, 1.807) is 0 Å². The summed E-state index contributed by atoms with van der Waals surface area (Å²) in [6.45, 7) is -0.565. The first-order chi connectivity index (χ1) is 16.4. The van der Waals surface area contributed by atoms with Crippen LogP contribution in [0.25, 0.3) is 22.0 Å². The van der Waals surface area contributed by atoms with Crippen LogP contribution in [0.1, 0.15) is 30.4 Å². The SMILES string of the molecule is O=C(NCC(F)(F)F)C1(CCCCn2ccc3ccccc32)c2ccccc2-c2ccccc21. The third kappa shape index (κ3) is 3.87. The Morgan fingerprint density at radius 2 is 1.44 bits per heavy atom. The van der Waals surface area contributed by atoms with Gasteiger partial charge in [-0.3, -0.25) is 4.79 Å². The van der Waals surface area contributed by atoms with Gasteiger partial charge in [0.25, 0.3) is 0 Å². The smallest absolute Gasteiger partial charge is 0.347 e. The van der Waals surface area contributed by atoms with Crippen LogP contribution in [-0.2, 0) is 16.8 Å². The molecule has 3 aromatic carbocycles. The molecule has 0 saturated carbocycles. The molecule has 0 fully saturated rings. The van der Waals surface area contributed by atoms with Crippen molar-refractivity contribution in [3.8, 4) is 11.1 Å². The molecule has 0 radical (unpaired) electrons. The van der Waals surface area contributed by atoms with Crippen LogP contribution in [0, 0.1) is 0 Å². The van der Waals surface area contributed by atoms with Crippen LogP contribution in [0.3, 0.4) is 0 Å². The number of hydrogen-bond donors (Lipinski definition) is 1. The van der Waals surface area contributed by atoms with Crippen molar-refractivity contribution in [1.29, 1.82) is 0 Å². The van der Waals surface area contributed by atoms with E-state index in [0.717, 1.165) is 40.7 Å². The van der Waals surface area contributed by atoms with E-state index in [9.17, 15) is 18.0 Å². The van der Waals surface area contributed by atoms with E-state index in [-0.39, 0.29) is 0 Å². The maximum Gasteiger partial charge on any atom is 0.405 e. The lowest BCUT2D eigenvalue weighted by atomic mass is 9.73. The molecule has 6 heteroatoms. The van der Waals surface area contributed by atoms with Gasteiger partial charge in [-0.2, -0.15) is 13.2 Å². The second-order valence-electron chi connectivity index (χ2n) is 8.82. The summed E-state index contributed by atoms with van der Waals surface area (Å²) in [5.41, 5.74) is 3.39. The molecule has 174 valence electrons. The summed E-state index contributed by atoms with van der Waals surface area (Å²) >= 11 is 0. The quantitative estimate of drug-likeness (QED) is 0.314. The van der Waals surface area contributed by atoms with Crippen LogP contribution in [0.5, 0.6) is 0 Å². The number of carbonyl (C=O) groups is 1. The number of unbranched alkanes of at least 4 members (excludes halogenated alkanes) is 1. The van der Waals surface area contributed by atoms with Crippen LogP contribution in [-0.4, -0.2) is 23.2 Å². The normalized spacial score (nSPS) is 14.1. The molecule has 0 bridgehead atoms. The van der Waals surface area contributed by atoms with Crippen molar-refractivity contribution in [1.82, 2.24) is 9.88 Å². The fourth-order valence-electron chi connectivity index (χ4n) is 5.29. The number of benzene rings is 3. The number of aryl methyl sites for hydroxylation is 1. The van der Waals surface area contributed by atoms with Crippen LogP contribution >= 0.6 is 0 Å². The summed E-state index contributed by atoms with van der Waals surface area (Å²) in [5.74, 6) is -0.589. The van der Waals surface area contributed by atoms with Crippen molar-refractivity contribution in [2.45, 2.75) is 37.4 Å². The highest BCUT2D eigenvalue weighted by atomic mass is 19.4. The number of hydrogen-bond acceptors (Lipinski definition) is 1. The molecule has 1 aliphatic carbocycles. The Morgan fingerprint density at radius 1 is 0.824 bits per heavy atom. The molecule has 0 unspecified atom stereocenters. The number of nitrogens with zero attached hydrogens (tertiary/aromatic N) is 1. The summed E-state index contributed by atoms with van der Waals surface area (Å²) in [6, 6.07) is 25.4. The van der Waals surface area contributed by atoms with E-state index in [1.165, 1.54) is 5.39 Å². The largest absolute Gasteiger partial charge is 0.405 e. The third-order valence-electron chi connectivity index (χ3n) is 6.78. The van der Waals surface area contributed by atoms with Gasteiger partial charge in [0, 0.05) is 18.3 Å². The van der Waals surface area contributed by atoms with Crippen LogP contribution < -0.4 is 5.32 Å². The Hall–Kier alpha value is -3.54. The lowest BCUT2D eigenvalue weighted by molar-refractivity contribution is -0.141. The van der Waals surface area contributed by atoms with E-state index in [4.69, 9.17) is 0 Å². The van der Waals surface area contributed by atoms with Gasteiger partial charge in [-0.15, -0.1) is 0 Å². The Bertz CT molecular complexity index is 1290. The first-order valence-electron chi connectivity index (χ1n) is 11.5. The third-order valence-corrected chi connectivity index (χ3v) is 6.78. The zero-order valence-electron chi connectivity index (χ0n) is 18.6. The number of amides is 1. The average molecular weight is 463 g/mol. The molecular formula is C28H25F3N2O. The van der Waals surface area contributed by atoms with E-state index in [1.807, 2.05) is 60.7 Å². The molecule has 5 rings (SSSR count). The van der Waals surface area contributed by atoms with Crippen molar-refractivity contribution in [2.24, 2.45) is 0 Å². The maximum atomic E-state index is 13.5. The van der Waals surface area contributed by atoms with Crippen LogP contribution in [0.2, 0.25) is 0 Å². The highest BCUT2D eigenvalue weighted by Gasteiger charge is 2.49. The molecular weight excluding hydrogens is 437 g/mol. The number of para-hydroxylation sites is 1. The van der Waals surface area contributed by atoms with Gasteiger partial charge >= 0.3 is 6.18 Å². The predicted molar refractivity (Wildman–Crippen MR) is 128 cm³/mol. The predicted octanol–water partition coefficient (Wildman–Crippen LogP) is 6.46. The fraction of sp³-hybridized carbons (Fsp3) is 0.250. The number of aromatic nitrogens is 1. The molecule has 1 heterocycles. The van der Waals surface area contributed by atoms with Crippen LogP contribution in [0.15, 0.2) is 85.1 Å². The highest BCUT2D eigenvalue weighted by Crippen LogP contribution is 2.51. The molecule has 0 spiro atoms. The van der Waals surface area contributed by atoms with Gasteiger partial charge in [0.15, 0.2) is 0 Å². The number of halogens is 3. The van der Waals surface area contributed by atoms with E-state index < -0.39 is 24.0 Å². The zero-order chi connectivity index (χ0) is 23.8. The number of carbonyl (C=O) groups excluding carboxylic acids is 1. The minimum atomic E-state index is -4.47. The summed E-state index contributed by atoms with van der Waals surface area (Å²) in [7, 11) is 0. The molecule has 0 saturated heterocycles. The minimum absolute atomic E-state index is 0.434. The molecule has 1 aromatic heterocycles. The first-order valence-corrected chi connectivity index (χ1v) is 11.5. The summed E-state index contributed by atoms with van der Waals surface area (Å²) < 4.78 is 41.2. The number of fused-ring (bicyclic) bond motifs is 4. The molecule has 4 aromatic rings. The lowest BCUT2D eigenvalue weighted by Crippen LogP contribution is -2.47.